The lowest BCUT2D eigenvalue weighted by Gasteiger charge is -2.05. The summed E-state index contributed by atoms with van der Waals surface area (Å²) < 4.78 is 5.00. The zero-order valence-corrected chi connectivity index (χ0v) is 7.19. The highest BCUT2D eigenvalue weighted by Crippen LogP contribution is 2.24. The van der Waals surface area contributed by atoms with Gasteiger partial charge in [0.25, 0.3) is 0 Å². The van der Waals surface area contributed by atoms with Crippen LogP contribution in [0.4, 0.5) is 0 Å². The lowest BCUT2D eigenvalue weighted by atomic mass is 10.0. The molecule has 70 valence electrons. The summed E-state index contributed by atoms with van der Waals surface area (Å²) in [5.41, 5.74) is 1.07. The first-order valence-corrected chi connectivity index (χ1v) is 4.42. The lowest BCUT2D eigenvalue weighted by molar-refractivity contribution is -0.142. The van der Waals surface area contributed by atoms with E-state index >= 15 is 0 Å². The number of hydrogen-bond donors (Lipinski definition) is 1. The van der Waals surface area contributed by atoms with Crippen LogP contribution in [0.15, 0.2) is 10.7 Å². The van der Waals surface area contributed by atoms with Crippen LogP contribution >= 0.6 is 0 Å². The van der Waals surface area contributed by atoms with Gasteiger partial charge in [0, 0.05) is 12.0 Å². The molecule has 1 atom stereocenters. The number of carbonyl (C=O) groups is 1. The molecule has 0 unspecified atom stereocenters. The molecule has 0 bridgehead atoms. The summed E-state index contributed by atoms with van der Waals surface area (Å²) >= 11 is 0. The maximum Gasteiger partial charge on any atom is 0.306 e. The van der Waals surface area contributed by atoms with Crippen molar-refractivity contribution in [1.29, 1.82) is 0 Å². The van der Waals surface area contributed by atoms with E-state index in [-0.39, 0.29) is 5.92 Å². The van der Waals surface area contributed by atoms with Crippen molar-refractivity contribution in [2.75, 3.05) is 0 Å². The van der Waals surface area contributed by atoms with Gasteiger partial charge in [0.05, 0.1) is 12.1 Å². The minimum Gasteiger partial charge on any atom is -0.481 e. The topological polar surface area (TPSA) is 63.3 Å². The number of aryl methyl sites for hydroxylation is 1. The first-order valence-electron chi connectivity index (χ1n) is 4.42. The molecule has 4 nitrogen and oxygen atoms in total. The number of carboxylic acids is 1. The Hall–Kier alpha value is -1.32. The molecule has 0 aromatic carbocycles. The fourth-order valence-electron chi connectivity index (χ4n) is 1.73. The maximum absolute atomic E-state index is 10.8. The van der Waals surface area contributed by atoms with Crippen molar-refractivity contribution in [1.82, 2.24) is 5.16 Å². The molecular weight excluding hydrogens is 170 g/mol. The van der Waals surface area contributed by atoms with Gasteiger partial charge in [-0.25, -0.2) is 0 Å². The largest absolute Gasteiger partial charge is 0.481 e. The Bertz CT molecular complexity index is 318. The van der Waals surface area contributed by atoms with E-state index < -0.39 is 5.97 Å². The van der Waals surface area contributed by atoms with E-state index in [0.29, 0.717) is 6.42 Å². The van der Waals surface area contributed by atoms with Crippen LogP contribution in [0, 0.1) is 5.92 Å². The molecule has 2 rings (SSSR count). The van der Waals surface area contributed by atoms with Crippen LogP contribution in [0.3, 0.4) is 0 Å². The molecule has 13 heavy (non-hydrogen) atoms. The van der Waals surface area contributed by atoms with Crippen molar-refractivity contribution >= 4 is 5.97 Å². The van der Waals surface area contributed by atoms with Gasteiger partial charge in [-0.05, 0) is 19.3 Å². The fraction of sp³-hybridized carbons (Fsp3) is 0.556. The Morgan fingerprint density at radius 1 is 1.69 bits per heavy atom. The molecule has 4 heteroatoms. The van der Waals surface area contributed by atoms with Crippen LogP contribution in [0.5, 0.6) is 0 Å². The highest BCUT2D eigenvalue weighted by atomic mass is 16.5. The molecule has 1 aromatic rings. The second-order valence-electron chi connectivity index (χ2n) is 3.41. The summed E-state index contributed by atoms with van der Waals surface area (Å²) in [6, 6.07) is 0. The van der Waals surface area contributed by atoms with Gasteiger partial charge in [-0.2, -0.15) is 0 Å². The van der Waals surface area contributed by atoms with Crippen molar-refractivity contribution in [3.05, 3.63) is 17.5 Å². The minimum atomic E-state index is -0.732. The molecule has 0 saturated carbocycles. The van der Waals surface area contributed by atoms with E-state index in [1.165, 1.54) is 0 Å². The molecule has 0 amide bonds. The normalized spacial score (nSPS) is 22.0. The van der Waals surface area contributed by atoms with Gasteiger partial charge in [0.2, 0.25) is 0 Å². The predicted octanol–water partition coefficient (Wildman–Crippen LogP) is 1.25. The summed E-state index contributed by atoms with van der Waals surface area (Å²) in [6.45, 7) is 0. The number of aliphatic carboxylic acids is 1. The van der Waals surface area contributed by atoms with Gasteiger partial charge in [-0.1, -0.05) is 5.16 Å². The third-order valence-electron chi connectivity index (χ3n) is 2.51. The Morgan fingerprint density at radius 2 is 2.54 bits per heavy atom. The molecule has 1 aliphatic carbocycles. The van der Waals surface area contributed by atoms with Crippen LogP contribution in [-0.2, 0) is 17.6 Å². The van der Waals surface area contributed by atoms with Crippen LogP contribution in [0.25, 0.3) is 0 Å². The number of aromatic nitrogens is 1. The average molecular weight is 181 g/mol. The highest BCUT2D eigenvalue weighted by Gasteiger charge is 2.24. The zero-order chi connectivity index (χ0) is 9.26. The van der Waals surface area contributed by atoms with E-state index in [9.17, 15) is 4.79 Å². The number of hydrogen-bond acceptors (Lipinski definition) is 3. The standard InChI is InChI=1S/C9H11NO3/c11-9(12)6-2-1-3-7-5-10-13-8(7)4-6/h5-6H,1-4H2,(H,11,12)/t6-/m0/s1. The summed E-state index contributed by atoms with van der Waals surface area (Å²) in [6.07, 6.45) is 4.72. The van der Waals surface area contributed by atoms with Gasteiger partial charge in [0.15, 0.2) is 0 Å². The first-order chi connectivity index (χ1) is 6.27. The third-order valence-corrected chi connectivity index (χ3v) is 2.51. The summed E-state index contributed by atoms with van der Waals surface area (Å²) in [5.74, 6) is -0.275. The van der Waals surface area contributed by atoms with Crippen molar-refractivity contribution < 1.29 is 14.4 Å². The van der Waals surface area contributed by atoms with E-state index in [1.807, 2.05) is 0 Å². The minimum absolute atomic E-state index is 0.297. The van der Waals surface area contributed by atoms with Crippen LogP contribution in [-0.4, -0.2) is 16.2 Å². The zero-order valence-electron chi connectivity index (χ0n) is 7.19. The van der Waals surface area contributed by atoms with Gasteiger partial charge in [-0.3, -0.25) is 4.79 Å². The van der Waals surface area contributed by atoms with E-state index in [1.54, 1.807) is 6.20 Å². The monoisotopic (exact) mass is 181 g/mol. The summed E-state index contributed by atoms with van der Waals surface area (Å²) in [5, 5.41) is 12.5. The number of carboxylic acid groups (broad SMARTS) is 1. The second kappa shape index (κ2) is 3.20. The Morgan fingerprint density at radius 3 is 3.31 bits per heavy atom. The maximum atomic E-state index is 10.8. The molecule has 0 aliphatic heterocycles. The van der Waals surface area contributed by atoms with Gasteiger partial charge >= 0.3 is 5.97 Å². The van der Waals surface area contributed by atoms with Crippen molar-refractivity contribution in [3.63, 3.8) is 0 Å². The van der Waals surface area contributed by atoms with Gasteiger partial charge in [0.1, 0.15) is 5.76 Å². The third kappa shape index (κ3) is 1.56. The van der Waals surface area contributed by atoms with Gasteiger partial charge < -0.3 is 9.63 Å². The second-order valence-corrected chi connectivity index (χ2v) is 3.41. The molecule has 1 aromatic heterocycles. The molecule has 1 N–H and O–H groups in total. The lowest BCUT2D eigenvalue weighted by Crippen LogP contribution is -2.15. The Labute approximate surface area is 75.5 Å². The predicted molar refractivity (Wildman–Crippen MR) is 44.3 cm³/mol. The van der Waals surface area contributed by atoms with E-state index in [2.05, 4.69) is 5.16 Å². The van der Waals surface area contributed by atoms with Crippen LogP contribution in [0.1, 0.15) is 24.2 Å². The van der Waals surface area contributed by atoms with Crippen LogP contribution in [0.2, 0.25) is 0 Å². The molecule has 1 aliphatic rings. The van der Waals surface area contributed by atoms with Crippen molar-refractivity contribution in [3.8, 4) is 0 Å². The first kappa shape index (κ1) is 8.29. The molecule has 0 radical (unpaired) electrons. The van der Waals surface area contributed by atoms with E-state index in [0.717, 1.165) is 30.6 Å². The van der Waals surface area contributed by atoms with Crippen LogP contribution < -0.4 is 0 Å². The number of rotatable bonds is 1. The molecular formula is C9H11NO3. The van der Waals surface area contributed by atoms with E-state index in [4.69, 9.17) is 9.63 Å². The molecule has 0 fully saturated rings. The summed E-state index contributed by atoms with van der Waals surface area (Å²) in [4.78, 5) is 10.8. The SMILES string of the molecule is O=C(O)[C@H]1CCCc2cnoc2C1. The van der Waals surface area contributed by atoms with Gasteiger partial charge in [-0.15, -0.1) is 0 Å². The fourth-order valence-corrected chi connectivity index (χ4v) is 1.73. The quantitative estimate of drug-likeness (QED) is 0.662. The molecule has 0 spiro atoms. The number of fused-ring (bicyclic) bond motifs is 1. The molecule has 0 saturated heterocycles. The van der Waals surface area contributed by atoms with Crippen molar-refractivity contribution in [2.45, 2.75) is 25.7 Å². The smallest absolute Gasteiger partial charge is 0.306 e. The highest BCUT2D eigenvalue weighted by molar-refractivity contribution is 5.70. The van der Waals surface area contributed by atoms with Crippen molar-refractivity contribution in [2.24, 2.45) is 5.92 Å². The number of nitrogens with zero attached hydrogens (tertiary/aromatic N) is 1. The summed E-state index contributed by atoms with van der Waals surface area (Å²) in [7, 11) is 0. The Kier molecular flexibility index (Phi) is 2.04. The Balaban J connectivity index is 2.21. The molecule has 1 heterocycles. The average Bonchev–Trinajstić information content (AvgIpc) is 2.42.